The molecule has 3 heteroatoms. The highest BCUT2D eigenvalue weighted by Gasteiger charge is 1.99. The van der Waals surface area contributed by atoms with Gasteiger partial charge < -0.3 is 5.32 Å². The molecule has 1 rings (SSSR count). The molecule has 0 heterocycles. The largest absolute Gasteiger partial charge is 0.356 e. The Hall–Kier alpha value is -0.960. The summed E-state index contributed by atoms with van der Waals surface area (Å²) in [6.07, 6.45) is 0. The highest BCUT2D eigenvalue weighted by Crippen LogP contribution is 2.10. The summed E-state index contributed by atoms with van der Waals surface area (Å²) in [7, 11) is 0. The van der Waals surface area contributed by atoms with Gasteiger partial charge in [0.1, 0.15) is 0 Å². The number of amides is 1. The van der Waals surface area contributed by atoms with Gasteiger partial charge in [0.25, 0.3) is 0 Å². The second-order valence-corrected chi connectivity index (χ2v) is 3.92. The van der Waals surface area contributed by atoms with Crippen molar-refractivity contribution >= 4 is 17.7 Å². The van der Waals surface area contributed by atoms with Crippen molar-refractivity contribution in [2.45, 2.75) is 12.7 Å². The fourth-order valence-corrected chi connectivity index (χ4v) is 1.90. The van der Waals surface area contributed by atoms with Gasteiger partial charge in [-0.3, -0.25) is 4.79 Å². The SMILES string of the molecule is CCNC(=O)CSCc1ccccc1. The minimum absolute atomic E-state index is 0.119. The molecule has 1 amide bonds. The minimum Gasteiger partial charge on any atom is -0.356 e. The molecule has 1 aromatic rings. The van der Waals surface area contributed by atoms with E-state index in [1.807, 2.05) is 25.1 Å². The fourth-order valence-electron chi connectivity index (χ4n) is 1.08. The molecule has 0 bridgehead atoms. The summed E-state index contributed by atoms with van der Waals surface area (Å²) in [6, 6.07) is 10.2. The van der Waals surface area contributed by atoms with E-state index in [4.69, 9.17) is 0 Å². The molecule has 76 valence electrons. The lowest BCUT2D eigenvalue weighted by molar-refractivity contribution is -0.118. The van der Waals surface area contributed by atoms with Crippen molar-refractivity contribution in [2.75, 3.05) is 12.3 Å². The van der Waals surface area contributed by atoms with Crippen LogP contribution >= 0.6 is 11.8 Å². The van der Waals surface area contributed by atoms with Crippen LogP contribution in [0.5, 0.6) is 0 Å². The van der Waals surface area contributed by atoms with Crippen molar-refractivity contribution in [2.24, 2.45) is 0 Å². The van der Waals surface area contributed by atoms with Gasteiger partial charge in [0.05, 0.1) is 5.75 Å². The number of benzene rings is 1. The molecule has 0 saturated heterocycles. The number of carbonyl (C=O) groups is 1. The number of hydrogen-bond donors (Lipinski definition) is 1. The topological polar surface area (TPSA) is 29.1 Å². The molecule has 0 atom stereocenters. The van der Waals surface area contributed by atoms with Gasteiger partial charge in [0.15, 0.2) is 0 Å². The molecule has 14 heavy (non-hydrogen) atoms. The first-order valence-electron chi connectivity index (χ1n) is 4.71. The smallest absolute Gasteiger partial charge is 0.229 e. The Bertz CT molecular complexity index is 274. The van der Waals surface area contributed by atoms with E-state index in [1.54, 1.807) is 11.8 Å². The number of carbonyl (C=O) groups excluding carboxylic acids is 1. The van der Waals surface area contributed by atoms with Gasteiger partial charge in [-0.15, -0.1) is 11.8 Å². The Kier molecular flexibility index (Phi) is 5.15. The first kappa shape index (κ1) is 11.1. The lowest BCUT2D eigenvalue weighted by Gasteiger charge is -2.02. The first-order chi connectivity index (χ1) is 6.83. The average molecular weight is 209 g/mol. The lowest BCUT2D eigenvalue weighted by atomic mass is 10.2. The Morgan fingerprint density at radius 3 is 2.71 bits per heavy atom. The molecule has 2 nitrogen and oxygen atoms in total. The van der Waals surface area contributed by atoms with Crippen LogP contribution in [0.3, 0.4) is 0 Å². The molecule has 0 spiro atoms. The van der Waals surface area contributed by atoms with E-state index in [0.717, 1.165) is 5.75 Å². The molecule has 0 radical (unpaired) electrons. The summed E-state index contributed by atoms with van der Waals surface area (Å²) >= 11 is 1.64. The van der Waals surface area contributed by atoms with Gasteiger partial charge in [0.2, 0.25) is 5.91 Å². The Balaban J connectivity index is 2.19. The van der Waals surface area contributed by atoms with E-state index in [0.29, 0.717) is 12.3 Å². The van der Waals surface area contributed by atoms with Gasteiger partial charge in [-0.2, -0.15) is 0 Å². The molecule has 1 N–H and O–H groups in total. The van der Waals surface area contributed by atoms with Crippen molar-refractivity contribution in [3.05, 3.63) is 35.9 Å². The van der Waals surface area contributed by atoms with Crippen LogP contribution in [0.4, 0.5) is 0 Å². The normalized spacial score (nSPS) is 9.79. The summed E-state index contributed by atoms with van der Waals surface area (Å²) in [5.74, 6) is 1.56. The summed E-state index contributed by atoms with van der Waals surface area (Å²) in [4.78, 5) is 11.1. The second-order valence-electron chi connectivity index (χ2n) is 2.93. The van der Waals surface area contributed by atoms with Crippen molar-refractivity contribution in [3.63, 3.8) is 0 Å². The maximum atomic E-state index is 11.1. The van der Waals surface area contributed by atoms with Crippen LogP contribution in [0.1, 0.15) is 12.5 Å². The molecule has 0 saturated carbocycles. The zero-order valence-electron chi connectivity index (χ0n) is 8.32. The third-order valence-electron chi connectivity index (χ3n) is 1.72. The van der Waals surface area contributed by atoms with E-state index in [9.17, 15) is 4.79 Å². The second kappa shape index (κ2) is 6.49. The molecule has 1 aromatic carbocycles. The highest BCUT2D eigenvalue weighted by molar-refractivity contribution is 7.99. The molecule has 0 aliphatic carbocycles. The van der Waals surface area contributed by atoms with E-state index in [-0.39, 0.29) is 5.91 Å². The van der Waals surface area contributed by atoms with E-state index in [2.05, 4.69) is 17.4 Å². The van der Waals surface area contributed by atoms with Crippen molar-refractivity contribution in [1.29, 1.82) is 0 Å². The van der Waals surface area contributed by atoms with E-state index in [1.165, 1.54) is 5.56 Å². The predicted octanol–water partition coefficient (Wildman–Crippen LogP) is 2.06. The van der Waals surface area contributed by atoms with Crippen LogP contribution in [-0.4, -0.2) is 18.2 Å². The molecule has 0 unspecified atom stereocenters. The quantitative estimate of drug-likeness (QED) is 0.804. The zero-order chi connectivity index (χ0) is 10.2. The number of hydrogen-bond acceptors (Lipinski definition) is 2. The summed E-state index contributed by atoms with van der Waals surface area (Å²) in [5.41, 5.74) is 1.27. The third kappa shape index (κ3) is 4.33. The van der Waals surface area contributed by atoms with Crippen molar-refractivity contribution < 1.29 is 4.79 Å². The van der Waals surface area contributed by atoms with Crippen LogP contribution in [0.2, 0.25) is 0 Å². The Morgan fingerprint density at radius 2 is 2.07 bits per heavy atom. The van der Waals surface area contributed by atoms with Crippen LogP contribution in [0.15, 0.2) is 30.3 Å². The lowest BCUT2D eigenvalue weighted by Crippen LogP contribution is -2.24. The first-order valence-corrected chi connectivity index (χ1v) is 5.86. The predicted molar refractivity (Wildman–Crippen MR) is 61.3 cm³/mol. The molecular formula is C11H15NOS. The molecule has 0 aromatic heterocycles. The molecular weight excluding hydrogens is 194 g/mol. The van der Waals surface area contributed by atoms with Gasteiger partial charge in [-0.05, 0) is 12.5 Å². The van der Waals surface area contributed by atoms with Gasteiger partial charge >= 0.3 is 0 Å². The zero-order valence-corrected chi connectivity index (χ0v) is 9.14. The van der Waals surface area contributed by atoms with Gasteiger partial charge in [0, 0.05) is 12.3 Å². The fraction of sp³-hybridized carbons (Fsp3) is 0.364. The standard InChI is InChI=1S/C11H15NOS/c1-2-12-11(13)9-14-8-10-6-4-3-5-7-10/h3-7H,2,8-9H2,1H3,(H,12,13). The monoisotopic (exact) mass is 209 g/mol. The van der Waals surface area contributed by atoms with Crippen LogP contribution < -0.4 is 5.32 Å². The van der Waals surface area contributed by atoms with Crippen LogP contribution in [0.25, 0.3) is 0 Å². The number of rotatable bonds is 5. The van der Waals surface area contributed by atoms with Crippen LogP contribution in [0, 0.1) is 0 Å². The molecule has 0 fully saturated rings. The Morgan fingerprint density at radius 1 is 1.36 bits per heavy atom. The summed E-state index contributed by atoms with van der Waals surface area (Å²) in [6.45, 7) is 2.64. The number of thioether (sulfide) groups is 1. The maximum absolute atomic E-state index is 11.1. The average Bonchev–Trinajstić information content (AvgIpc) is 2.20. The maximum Gasteiger partial charge on any atom is 0.229 e. The van der Waals surface area contributed by atoms with Crippen molar-refractivity contribution in [1.82, 2.24) is 5.32 Å². The third-order valence-corrected chi connectivity index (χ3v) is 2.72. The van der Waals surface area contributed by atoms with Crippen LogP contribution in [-0.2, 0) is 10.5 Å². The highest BCUT2D eigenvalue weighted by atomic mass is 32.2. The minimum atomic E-state index is 0.119. The van der Waals surface area contributed by atoms with E-state index >= 15 is 0 Å². The Labute approximate surface area is 89.1 Å². The van der Waals surface area contributed by atoms with Gasteiger partial charge in [-0.1, -0.05) is 30.3 Å². The summed E-state index contributed by atoms with van der Waals surface area (Å²) < 4.78 is 0. The molecule has 0 aliphatic rings. The summed E-state index contributed by atoms with van der Waals surface area (Å²) in [5, 5.41) is 2.77. The van der Waals surface area contributed by atoms with Crippen molar-refractivity contribution in [3.8, 4) is 0 Å². The molecule has 0 aliphatic heterocycles. The van der Waals surface area contributed by atoms with E-state index < -0.39 is 0 Å². The van der Waals surface area contributed by atoms with Gasteiger partial charge in [-0.25, -0.2) is 0 Å². The number of nitrogens with one attached hydrogen (secondary N) is 1.